The molecule has 0 aliphatic carbocycles. The van der Waals surface area contributed by atoms with E-state index in [9.17, 15) is 13.2 Å². The fourth-order valence-corrected chi connectivity index (χ4v) is 1.000. The highest BCUT2D eigenvalue weighted by atomic mass is 32.2. The van der Waals surface area contributed by atoms with Crippen LogP contribution in [0.5, 0.6) is 0 Å². The van der Waals surface area contributed by atoms with Crippen LogP contribution < -0.4 is 0 Å². The van der Waals surface area contributed by atoms with E-state index < -0.39 is 10.1 Å². The maximum Gasteiger partial charge on any atom is 0.264 e. The van der Waals surface area contributed by atoms with Crippen LogP contribution in [0.2, 0.25) is 0 Å². The van der Waals surface area contributed by atoms with Gasteiger partial charge in [-0.2, -0.15) is 8.42 Å². The lowest BCUT2D eigenvalue weighted by Crippen LogP contribution is -2.18. The van der Waals surface area contributed by atoms with Crippen LogP contribution in [0.3, 0.4) is 0 Å². The van der Waals surface area contributed by atoms with Gasteiger partial charge in [0, 0.05) is 14.1 Å². The summed E-state index contributed by atoms with van der Waals surface area (Å²) in [6.07, 6.45) is 4.34. The van der Waals surface area contributed by atoms with Gasteiger partial charge in [-0.25, -0.2) is 0 Å². The third-order valence-corrected chi connectivity index (χ3v) is 1.88. The lowest BCUT2D eigenvalue weighted by Gasteiger charge is -2.04. The monoisotopic (exact) mass is 221 g/mol. The molecule has 0 bridgehead atoms. The molecule has 1 amide bonds. The van der Waals surface area contributed by atoms with Gasteiger partial charge >= 0.3 is 0 Å². The van der Waals surface area contributed by atoms with Crippen molar-refractivity contribution in [3.8, 4) is 0 Å². The van der Waals surface area contributed by atoms with Gasteiger partial charge in [-0.1, -0.05) is 6.08 Å². The van der Waals surface area contributed by atoms with E-state index in [1.165, 1.54) is 11.0 Å². The van der Waals surface area contributed by atoms with Crippen LogP contribution in [0.25, 0.3) is 0 Å². The van der Waals surface area contributed by atoms with E-state index in [-0.39, 0.29) is 12.5 Å². The molecule has 0 spiro atoms. The van der Waals surface area contributed by atoms with Crippen molar-refractivity contribution in [2.24, 2.45) is 0 Å². The molecular formula is C8H15NO4S. The Bertz CT molecular complexity index is 305. The van der Waals surface area contributed by atoms with Gasteiger partial charge in [0.25, 0.3) is 10.1 Å². The zero-order chi connectivity index (χ0) is 11.2. The van der Waals surface area contributed by atoms with Crippen molar-refractivity contribution in [2.75, 3.05) is 27.0 Å². The van der Waals surface area contributed by atoms with E-state index in [1.807, 2.05) is 0 Å². The van der Waals surface area contributed by atoms with Crippen LogP contribution in [-0.4, -0.2) is 46.2 Å². The highest BCUT2D eigenvalue weighted by molar-refractivity contribution is 7.85. The molecule has 5 nitrogen and oxygen atoms in total. The van der Waals surface area contributed by atoms with Gasteiger partial charge < -0.3 is 4.90 Å². The van der Waals surface area contributed by atoms with Gasteiger partial charge in [-0.3, -0.25) is 8.98 Å². The molecule has 14 heavy (non-hydrogen) atoms. The van der Waals surface area contributed by atoms with Crippen LogP contribution >= 0.6 is 0 Å². The lowest BCUT2D eigenvalue weighted by atomic mass is 10.4. The summed E-state index contributed by atoms with van der Waals surface area (Å²) >= 11 is 0. The van der Waals surface area contributed by atoms with Crippen LogP contribution in [0.1, 0.15) is 6.42 Å². The number of rotatable bonds is 5. The molecule has 6 heteroatoms. The average Bonchev–Trinajstić information content (AvgIpc) is 2.01. The summed E-state index contributed by atoms with van der Waals surface area (Å²) in [6, 6.07) is 0. The van der Waals surface area contributed by atoms with Gasteiger partial charge in [0.05, 0.1) is 12.9 Å². The number of carbonyl (C=O) groups is 1. The van der Waals surface area contributed by atoms with Gasteiger partial charge in [-0.15, -0.1) is 0 Å². The minimum atomic E-state index is -3.37. The second kappa shape index (κ2) is 5.77. The second-order valence-corrected chi connectivity index (χ2v) is 4.59. The van der Waals surface area contributed by atoms with Gasteiger partial charge in [0.1, 0.15) is 0 Å². The third kappa shape index (κ3) is 7.75. The topological polar surface area (TPSA) is 63.7 Å². The number of amides is 1. The molecule has 0 aliphatic heterocycles. The summed E-state index contributed by atoms with van der Waals surface area (Å²) in [5.41, 5.74) is 0. The summed E-state index contributed by atoms with van der Waals surface area (Å²) < 4.78 is 25.5. The molecule has 0 heterocycles. The molecule has 0 fully saturated rings. The first kappa shape index (κ1) is 13.1. The Morgan fingerprint density at radius 3 is 2.43 bits per heavy atom. The predicted octanol–water partition coefficient (Wildman–Crippen LogP) is -0.00290. The smallest absolute Gasteiger partial charge is 0.264 e. The minimum absolute atomic E-state index is 0.0655. The Morgan fingerprint density at radius 1 is 1.43 bits per heavy atom. The first-order chi connectivity index (χ1) is 6.33. The van der Waals surface area contributed by atoms with Crippen LogP contribution in [0.15, 0.2) is 12.2 Å². The van der Waals surface area contributed by atoms with Gasteiger partial charge in [0.15, 0.2) is 0 Å². The Kier molecular flexibility index (Phi) is 5.40. The zero-order valence-corrected chi connectivity index (χ0v) is 9.37. The number of likely N-dealkylation sites (N-methyl/N-ethyl adjacent to an activating group) is 1. The van der Waals surface area contributed by atoms with E-state index in [4.69, 9.17) is 0 Å². The van der Waals surface area contributed by atoms with E-state index >= 15 is 0 Å². The normalized spacial score (nSPS) is 11.9. The Morgan fingerprint density at radius 2 is 2.00 bits per heavy atom. The highest BCUT2D eigenvalue weighted by Crippen LogP contribution is 1.92. The molecule has 0 rings (SSSR count). The predicted molar refractivity (Wildman–Crippen MR) is 53.2 cm³/mol. The first-order valence-electron chi connectivity index (χ1n) is 4.05. The van der Waals surface area contributed by atoms with Crippen molar-refractivity contribution < 1.29 is 17.4 Å². The van der Waals surface area contributed by atoms with Crippen LogP contribution in [0.4, 0.5) is 0 Å². The molecular weight excluding hydrogens is 206 g/mol. The molecule has 82 valence electrons. The van der Waals surface area contributed by atoms with E-state index in [2.05, 4.69) is 4.18 Å². The molecule has 0 radical (unpaired) electrons. The molecule has 0 aromatic carbocycles. The molecule has 0 saturated carbocycles. The average molecular weight is 221 g/mol. The van der Waals surface area contributed by atoms with Crippen molar-refractivity contribution in [1.29, 1.82) is 0 Å². The van der Waals surface area contributed by atoms with Crippen molar-refractivity contribution in [1.82, 2.24) is 4.90 Å². The summed E-state index contributed by atoms with van der Waals surface area (Å²) in [5, 5.41) is 0. The Balaban J connectivity index is 3.70. The number of hydrogen-bond acceptors (Lipinski definition) is 4. The molecule has 0 aromatic rings. The summed E-state index contributed by atoms with van der Waals surface area (Å²) in [4.78, 5) is 12.4. The number of hydrogen-bond donors (Lipinski definition) is 0. The fraction of sp³-hybridized carbons (Fsp3) is 0.625. The van der Waals surface area contributed by atoms with Crippen molar-refractivity contribution in [2.45, 2.75) is 6.42 Å². The van der Waals surface area contributed by atoms with Crippen molar-refractivity contribution in [3.63, 3.8) is 0 Å². The molecule has 0 atom stereocenters. The Labute approximate surface area is 84.5 Å². The van der Waals surface area contributed by atoms with Crippen molar-refractivity contribution in [3.05, 3.63) is 12.2 Å². The van der Waals surface area contributed by atoms with Crippen molar-refractivity contribution >= 4 is 16.0 Å². The standard InChI is InChI=1S/C8H15NO4S/c1-9(2)8(10)6-4-5-7-13-14(3,11)12/h4,6H,5,7H2,1-3H3. The molecule has 0 saturated heterocycles. The maximum absolute atomic E-state index is 11.0. The summed E-state index contributed by atoms with van der Waals surface area (Å²) in [5.74, 6) is -0.135. The molecule has 0 N–H and O–H groups in total. The molecule has 0 unspecified atom stereocenters. The van der Waals surface area contributed by atoms with Crippen LogP contribution in [0, 0.1) is 0 Å². The highest BCUT2D eigenvalue weighted by Gasteiger charge is 1.99. The van der Waals surface area contributed by atoms with Gasteiger partial charge in [0.2, 0.25) is 5.91 Å². The largest absolute Gasteiger partial charge is 0.345 e. The number of carbonyl (C=O) groups excluding carboxylic acids is 1. The Hall–Kier alpha value is -0.880. The minimum Gasteiger partial charge on any atom is -0.345 e. The van der Waals surface area contributed by atoms with E-state index in [0.717, 1.165) is 6.26 Å². The molecule has 0 aromatic heterocycles. The lowest BCUT2D eigenvalue weighted by molar-refractivity contribution is -0.123. The summed E-state index contributed by atoms with van der Waals surface area (Å²) in [7, 11) is -0.0933. The summed E-state index contributed by atoms with van der Waals surface area (Å²) in [6.45, 7) is 0.0655. The third-order valence-electron chi connectivity index (χ3n) is 1.28. The SMILES string of the molecule is CN(C)C(=O)C=CCCOS(C)(=O)=O. The van der Waals surface area contributed by atoms with Crippen LogP contribution in [-0.2, 0) is 19.1 Å². The van der Waals surface area contributed by atoms with E-state index in [1.54, 1.807) is 20.2 Å². The van der Waals surface area contributed by atoms with E-state index in [0.29, 0.717) is 6.42 Å². The zero-order valence-electron chi connectivity index (χ0n) is 8.56. The fourth-order valence-electron chi connectivity index (χ4n) is 0.601. The first-order valence-corrected chi connectivity index (χ1v) is 5.87. The maximum atomic E-state index is 11.0. The quantitative estimate of drug-likeness (QED) is 0.372. The second-order valence-electron chi connectivity index (χ2n) is 2.95. The number of nitrogens with zero attached hydrogens (tertiary/aromatic N) is 1. The van der Waals surface area contributed by atoms with Gasteiger partial charge in [-0.05, 0) is 12.5 Å². The molecule has 0 aliphatic rings.